The Balaban J connectivity index is 2.00. The Bertz CT molecular complexity index is 601. The highest BCUT2D eigenvalue weighted by atomic mass is 32.2. The Kier molecular flexibility index (Phi) is 4.68. The number of aliphatic hydroxyl groups is 1. The SMILES string of the molecule is CS(=O)(=O)c1ccc(C(=O)NCC2(CO)CCCC2)cc1. The van der Waals surface area contributed by atoms with Gasteiger partial charge in [-0.25, -0.2) is 8.42 Å². The standard InChI is InChI=1S/C15H21NO4S/c1-21(19,20)13-6-4-12(5-7-13)14(18)16-10-15(11-17)8-2-3-9-15/h4-7,17H,2-3,8-11H2,1H3,(H,16,18). The van der Waals surface area contributed by atoms with Crippen LogP contribution in [0.3, 0.4) is 0 Å². The van der Waals surface area contributed by atoms with Crippen LogP contribution in [0.2, 0.25) is 0 Å². The van der Waals surface area contributed by atoms with Crippen LogP contribution in [0.25, 0.3) is 0 Å². The van der Waals surface area contributed by atoms with Gasteiger partial charge in [0, 0.05) is 23.8 Å². The lowest BCUT2D eigenvalue weighted by atomic mass is 9.87. The van der Waals surface area contributed by atoms with Crippen molar-refractivity contribution in [3.05, 3.63) is 29.8 Å². The van der Waals surface area contributed by atoms with E-state index in [1.54, 1.807) is 0 Å². The topological polar surface area (TPSA) is 83.5 Å². The summed E-state index contributed by atoms with van der Waals surface area (Å²) < 4.78 is 22.7. The molecule has 0 heterocycles. The van der Waals surface area contributed by atoms with Gasteiger partial charge in [-0.05, 0) is 37.1 Å². The van der Waals surface area contributed by atoms with E-state index in [-0.39, 0.29) is 22.8 Å². The molecule has 1 saturated carbocycles. The Morgan fingerprint density at radius 1 is 1.24 bits per heavy atom. The molecule has 1 amide bonds. The van der Waals surface area contributed by atoms with Crippen molar-refractivity contribution in [3.63, 3.8) is 0 Å². The van der Waals surface area contributed by atoms with Crippen molar-refractivity contribution in [3.8, 4) is 0 Å². The molecular weight excluding hydrogens is 290 g/mol. The Hall–Kier alpha value is -1.40. The third-order valence-electron chi connectivity index (χ3n) is 4.17. The summed E-state index contributed by atoms with van der Waals surface area (Å²) in [4.78, 5) is 12.3. The average molecular weight is 311 g/mol. The van der Waals surface area contributed by atoms with Gasteiger partial charge in [-0.15, -0.1) is 0 Å². The molecule has 1 fully saturated rings. The molecule has 0 spiro atoms. The van der Waals surface area contributed by atoms with Crippen molar-refractivity contribution in [1.82, 2.24) is 5.32 Å². The van der Waals surface area contributed by atoms with E-state index < -0.39 is 9.84 Å². The molecule has 1 aromatic rings. The number of amides is 1. The van der Waals surface area contributed by atoms with Crippen LogP contribution in [0.4, 0.5) is 0 Å². The second-order valence-corrected chi connectivity index (χ2v) is 7.86. The van der Waals surface area contributed by atoms with E-state index in [9.17, 15) is 18.3 Å². The zero-order chi connectivity index (χ0) is 15.5. The second kappa shape index (κ2) is 6.15. The van der Waals surface area contributed by atoms with Crippen LogP contribution in [-0.2, 0) is 9.84 Å². The lowest BCUT2D eigenvalue weighted by Gasteiger charge is -2.26. The quantitative estimate of drug-likeness (QED) is 0.860. The van der Waals surface area contributed by atoms with E-state index in [0.29, 0.717) is 12.1 Å². The van der Waals surface area contributed by atoms with E-state index in [1.807, 2.05) is 0 Å². The van der Waals surface area contributed by atoms with Crippen molar-refractivity contribution in [1.29, 1.82) is 0 Å². The summed E-state index contributed by atoms with van der Waals surface area (Å²) in [6.45, 7) is 0.538. The number of benzene rings is 1. The summed E-state index contributed by atoms with van der Waals surface area (Å²) in [5.41, 5.74) is 0.232. The number of hydrogen-bond acceptors (Lipinski definition) is 4. The largest absolute Gasteiger partial charge is 0.396 e. The fourth-order valence-corrected chi connectivity index (χ4v) is 3.37. The Morgan fingerprint density at radius 3 is 2.29 bits per heavy atom. The van der Waals surface area contributed by atoms with Gasteiger partial charge >= 0.3 is 0 Å². The molecule has 0 radical (unpaired) electrons. The zero-order valence-electron chi connectivity index (χ0n) is 12.1. The molecule has 0 atom stereocenters. The Morgan fingerprint density at radius 2 is 1.81 bits per heavy atom. The van der Waals surface area contributed by atoms with Gasteiger partial charge in [-0.2, -0.15) is 0 Å². The molecule has 0 aliphatic heterocycles. The number of rotatable bonds is 5. The first-order valence-corrected chi connectivity index (χ1v) is 8.95. The highest BCUT2D eigenvalue weighted by molar-refractivity contribution is 7.90. The number of sulfone groups is 1. The molecule has 2 N–H and O–H groups in total. The van der Waals surface area contributed by atoms with Gasteiger partial charge < -0.3 is 10.4 Å². The Labute approximate surface area is 125 Å². The minimum absolute atomic E-state index is 0.0836. The molecule has 5 nitrogen and oxygen atoms in total. The van der Waals surface area contributed by atoms with E-state index in [1.165, 1.54) is 24.3 Å². The van der Waals surface area contributed by atoms with Gasteiger partial charge in [-0.1, -0.05) is 12.8 Å². The van der Waals surface area contributed by atoms with Crippen LogP contribution < -0.4 is 5.32 Å². The van der Waals surface area contributed by atoms with Gasteiger partial charge in [0.1, 0.15) is 0 Å². The fraction of sp³-hybridized carbons (Fsp3) is 0.533. The summed E-state index contributed by atoms with van der Waals surface area (Å²) in [7, 11) is -3.25. The van der Waals surface area contributed by atoms with Crippen LogP contribution in [0.5, 0.6) is 0 Å². The fourth-order valence-electron chi connectivity index (χ4n) is 2.74. The number of carbonyl (C=O) groups excluding carboxylic acids is 1. The molecule has 0 unspecified atom stereocenters. The van der Waals surface area contributed by atoms with Crippen molar-refractivity contribution in [2.45, 2.75) is 30.6 Å². The highest BCUT2D eigenvalue weighted by Gasteiger charge is 2.33. The lowest BCUT2D eigenvalue weighted by molar-refractivity contribution is 0.0880. The van der Waals surface area contributed by atoms with Gasteiger partial charge in [0.15, 0.2) is 9.84 Å². The van der Waals surface area contributed by atoms with Crippen LogP contribution >= 0.6 is 0 Å². The number of hydrogen-bond donors (Lipinski definition) is 2. The van der Waals surface area contributed by atoms with Crippen LogP contribution in [-0.4, -0.2) is 38.8 Å². The summed E-state index contributed by atoms with van der Waals surface area (Å²) in [6, 6.07) is 5.88. The lowest BCUT2D eigenvalue weighted by Crippen LogP contribution is -2.38. The molecule has 0 saturated heterocycles. The summed E-state index contributed by atoms with van der Waals surface area (Å²) in [5, 5.41) is 12.4. The number of aliphatic hydroxyl groups excluding tert-OH is 1. The second-order valence-electron chi connectivity index (χ2n) is 5.84. The third-order valence-corrected chi connectivity index (χ3v) is 5.30. The maximum atomic E-state index is 12.1. The zero-order valence-corrected chi connectivity index (χ0v) is 12.9. The van der Waals surface area contributed by atoms with Crippen LogP contribution in [0.1, 0.15) is 36.0 Å². The summed E-state index contributed by atoms with van der Waals surface area (Å²) in [6.07, 6.45) is 5.15. The van der Waals surface area contributed by atoms with E-state index in [4.69, 9.17) is 0 Å². The van der Waals surface area contributed by atoms with Gasteiger partial charge in [0.2, 0.25) is 0 Å². The first kappa shape index (κ1) is 16.0. The van der Waals surface area contributed by atoms with Crippen molar-refractivity contribution < 1.29 is 18.3 Å². The molecule has 6 heteroatoms. The minimum Gasteiger partial charge on any atom is -0.396 e. The van der Waals surface area contributed by atoms with Gasteiger partial charge in [0.05, 0.1) is 11.5 Å². The summed E-state index contributed by atoms with van der Waals surface area (Å²) >= 11 is 0. The molecule has 116 valence electrons. The molecule has 1 aliphatic carbocycles. The molecular formula is C15H21NO4S. The van der Waals surface area contributed by atoms with Crippen molar-refractivity contribution in [2.24, 2.45) is 5.41 Å². The normalized spacial score (nSPS) is 17.6. The third kappa shape index (κ3) is 3.83. The first-order chi connectivity index (χ1) is 9.86. The smallest absolute Gasteiger partial charge is 0.251 e. The maximum Gasteiger partial charge on any atom is 0.251 e. The number of nitrogens with one attached hydrogen (secondary N) is 1. The maximum absolute atomic E-state index is 12.1. The van der Waals surface area contributed by atoms with Gasteiger partial charge in [0.25, 0.3) is 5.91 Å². The molecule has 1 aliphatic rings. The van der Waals surface area contributed by atoms with Crippen molar-refractivity contribution in [2.75, 3.05) is 19.4 Å². The van der Waals surface area contributed by atoms with Crippen molar-refractivity contribution >= 4 is 15.7 Å². The monoisotopic (exact) mass is 311 g/mol. The predicted molar refractivity (Wildman–Crippen MR) is 79.9 cm³/mol. The van der Waals surface area contributed by atoms with E-state index >= 15 is 0 Å². The molecule has 2 rings (SSSR count). The molecule has 0 bridgehead atoms. The van der Waals surface area contributed by atoms with Crippen LogP contribution in [0, 0.1) is 5.41 Å². The highest BCUT2D eigenvalue weighted by Crippen LogP contribution is 2.36. The minimum atomic E-state index is -3.25. The molecule has 1 aromatic carbocycles. The summed E-state index contributed by atoms with van der Waals surface area (Å²) in [5.74, 6) is -0.241. The average Bonchev–Trinajstić information content (AvgIpc) is 2.93. The van der Waals surface area contributed by atoms with Crippen LogP contribution in [0.15, 0.2) is 29.2 Å². The molecule has 0 aromatic heterocycles. The van der Waals surface area contributed by atoms with E-state index in [2.05, 4.69) is 5.32 Å². The first-order valence-electron chi connectivity index (χ1n) is 7.06. The molecule has 21 heavy (non-hydrogen) atoms. The predicted octanol–water partition coefficient (Wildman–Crippen LogP) is 1.37. The van der Waals surface area contributed by atoms with E-state index in [0.717, 1.165) is 31.9 Å². The van der Waals surface area contributed by atoms with Gasteiger partial charge in [-0.3, -0.25) is 4.79 Å². The number of carbonyl (C=O) groups is 1.